The minimum Gasteiger partial charge on any atom is -0.298 e. The van der Waals surface area contributed by atoms with Crippen LogP contribution in [0.1, 0.15) is 15.9 Å². The van der Waals surface area contributed by atoms with Crippen LogP contribution in [0.25, 0.3) is 0 Å². The van der Waals surface area contributed by atoms with Crippen LogP contribution < -0.4 is 0 Å². The molecule has 54 valence electrons. The lowest BCUT2D eigenvalue weighted by atomic mass is 10.2. The first-order valence-electron chi connectivity index (χ1n) is 2.85. The van der Waals surface area contributed by atoms with Gasteiger partial charge < -0.3 is 0 Å². The molecule has 0 fully saturated rings. The van der Waals surface area contributed by atoms with Crippen molar-refractivity contribution >= 4 is 17.9 Å². The van der Waals surface area contributed by atoms with E-state index in [-0.39, 0.29) is 5.15 Å². The Labute approximate surface area is 69.2 Å². The van der Waals surface area contributed by atoms with Crippen LogP contribution in [0.2, 0.25) is 5.15 Å². The minimum atomic E-state index is 0.180. The summed E-state index contributed by atoms with van der Waals surface area (Å²) < 4.78 is 0. The molecule has 0 aliphatic heterocycles. The van der Waals surface area contributed by atoms with Crippen molar-refractivity contribution in [3.05, 3.63) is 28.5 Å². The highest BCUT2D eigenvalue weighted by Crippen LogP contribution is 2.10. The molecule has 0 amide bonds. The first-order chi connectivity index (χ1) is 5.27. The zero-order valence-corrected chi connectivity index (χ0v) is 6.30. The Morgan fingerprint density at radius 2 is 2.45 bits per heavy atom. The molecule has 0 spiro atoms. The maximum absolute atomic E-state index is 10.3. The van der Waals surface area contributed by atoms with Crippen LogP contribution in [-0.2, 0) is 0 Å². The molecule has 0 N–H and O–H groups in total. The number of rotatable bonds is 1. The summed E-state index contributed by atoms with van der Waals surface area (Å²) in [6.07, 6.45) is 7.14. The molecule has 0 unspecified atom stereocenters. The number of terminal acetylenes is 1. The third-order valence-corrected chi connectivity index (χ3v) is 1.48. The smallest absolute Gasteiger partial charge is 0.153 e. The van der Waals surface area contributed by atoms with Gasteiger partial charge in [0.05, 0.1) is 5.56 Å². The Bertz CT molecular complexity index is 327. The van der Waals surface area contributed by atoms with Crippen LogP contribution in [-0.4, -0.2) is 11.3 Å². The number of aromatic nitrogens is 1. The summed E-state index contributed by atoms with van der Waals surface area (Å²) in [6, 6.07) is 1.52. The fourth-order valence-electron chi connectivity index (χ4n) is 0.627. The van der Waals surface area contributed by atoms with Crippen molar-refractivity contribution in [2.24, 2.45) is 0 Å². The Morgan fingerprint density at radius 1 is 1.73 bits per heavy atom. The fraction of sp³-hybridized carbons (Fsp3) is 0. The van der Waals surface area contributed by atoms with Crippen LogP contribution >= 0.6 is 11.6 Å². The normalized spacial score (nSPS) is 8.73. The van der Waals surface area contributed by atoms with Crippen molar-refractivity contribution in [1.82, 2.24) is 4.98 Å². The summed E-state index contributed by atoms with van der Waals surface area (Å²) >= 11 is 5.54. The zero-order valence-electron chi connectivity index (χ0n) is 5.54. The van der Waals surface area contributed by atoms with Crippen LogP contribution in [0, 0.1) is 12.3 Å². The summed E-state index contributed by atoms with van der Waals surface area (Å²) in [5.74, 6) is 2.35. The maximum atomic E-state index is 10.3. The van der Waals surface area contributed by atoms with Crippen LogP contribution in [0.3, 0.4) is 0 Å². The maximum Gasteiger partial charge on any atom is 0.153 e. The molecule has 0 aliphatic rings. The molecule has 0 aromatic carbocycles. The van der Waals surface area contributed by atoms with Gasteiger partial charge in [-0.15, -0.1) is 6.42 Å². The van der Waals surface area contributed by atoms with E-state index in [0.29, 0.717) is 17.4 Å². The number of hydrogen-bond acceptors (Lipinski definition) is 2. The van der Waals surface area contributed by atoms with E-state index < -0.39 is 0 Å². The molecule has 1 aromatic heterocycles. The average molecular weight is 166 g/mol. The van der Waals surface area contributed by atoms with E-state index in [4.69, 9.17) is 18.0 Å². The molecule has 0 saturated heterocycles. The van der Waals surface area contributed by atoms with Crippen molar-refractivity contribution in [1.29, 1.82) is 0 Å². The molecule has 1 heterocycles. The minimum absolute atomic E-state index is 0.180. The molecule has 0 atom stereocenters. The topological polar surface area (TPSA) is 30.0 Å². The van der Waals surface area contributed by atoms with Gasteiger partial charge in [-0.2, -0.15) is 0 Å². The molecule has 0 aliphatic carbocycles. The lowest BCUT2D eigenvalue weighted by Gasteiger charge is -1.94. The largest absolute Gasteiger partial charge is 0.298 e. The highest BCUT2D eigenvalue weighted by Gasteiger charge is 1.99. The second-order valence-corrected chi connectivity index (χ2v) is 2.22. The molecule has 0 bridgehead atoms. The molecular formula is C8H4ClNO. The molecule has 2 nitrogen and oxygen atoms in total. The standard InChI is InChI=1S/C8H4ClNO/c1-2-6-3-7(5-11)8(9)10-4-6/h1,3-5H. The first-order valence-corrected chi connectivity index (χ1v) is 3.23. The van der Waals surface area contributed by atoms with Gasteiger partial charge in [0.2, 0.25) is 0 Å². The Morgan fingerprint density at radius 3 is 3.00 bits per heavy atom. The number of halogens is 1. The highest BCUT2D eigenvalue weighted by molar-refractivity contribution is 6.31. The molecule has 0 saturated carbocycles. The molecule has 1 rings (SSSR count). The molecule has 0 radical (unpaired) electrons. The fourth-order valence-corrected chi connectivity index (χ4v) is 0.775. The first kappa shape index (κ1) is 7.77. The van der Waals surface area contributed by atoms with E-state index in [2.05, 4.69) is 10.9 Å². The average Bonchev–Trinajstić information content (AvgIpc) is 2.05. The molecule has 1 aromatic rings. The predicted molar refractivity (Wildman–Crippen MR) is 42.6 cm³/mol. The van der Waals surface area contributed by atoms with E-state index in [1.54, 1.807) is 0 Å². The monoisotopic (exact) mass is 165 g/mol. The van der Waals surface area contributed by atoms with E-state index in [9.17, 15) is 4.79 Å². The quantitative estimate of drug-likeness (QED) is 0.359. The van der Waals surface area contributed by atoms with Crippen molar-refractivity contribution in [3.8, 4) is 12.3 Å². The summed E-state index contributed by atoms with van der Waals surface area (Å²) in [6.45, 7) is 0. The van der Waals surface area contributed by atoms with Gasteiger partial charge in [0.25, 0.3) is 0 Å². The van der Waals surface area contributed by atoms with Crippen molar-refractivity contribution in [2.75, 3.05) is 0 Å². The SMILES string of the molecule is C#Cc1cnc(Cl)c(C=O)c1. The number of carbonyl (C=O) groups is 1. The third kappa shape index (κ3) is 1.57. The number of nitrogens with zero attached hydrogens (tertiary/aromatic N) is 1. The number of hydrogen-bond donors (Lipinski definition) is 0. The molecule has 3 heteroatoms. The van der Waals surface area contributed by atoms with Crippen molar-refractivity contribution in [2.45, 2.75) is 0 Å². The summed E-state index contributed by atoms with van der Waals surface area (Å²) in [7, 11) is 0. The lowest BCUT2D eigenvalue weighted by Crippen LogP contribution is -1.87. The van der Waals surface area contributed by atoms with E-state index in [0.717, 1.165) is 0 Å². The highest BCUT2D eigenvalue weighted by atomic mass is 35.5. The molecule has 11 heavy (non-hydrogen) atoms. The Balaban J connectivity index is 3.25. The van der Waals surface area contributed by atoms with Gasteiger partial charge in [0.1, 0.15) is 5.15 Å². The van der Waals surface area contributed by atoms with Gasteiger partial charge >= 0.3 is 0 Å². The number of pyridine rings is 1. The van der Waals surface area contributed by atoms with Crippen LogP contribution in [0.15, 0.2) is 12.3 Å². The van der Waals surface area contributed by atoms with Crippen LogP contribution in [0.5, 0.6) is 0 Å². The van der Waals surface area contributed by atoms with E-state index in [1.165, 1.54) is 12.3 Å². The van der Waals surface area contributed by atoms with Gasteiger partial charge in [-0.25, -0.2) is 4.98 Å². The number of carbonyl (C=O) groups excluding carboxylic acids is 1. The lowest BCUT2D eigenvalue weighted by molar-refractivity contribution is 0.112. The summed E-state index contributed by atoms with van der Waals surface area (Å²) in [5, 5.41) is 0.180. The summed E-state index contributed by atoms with van der Waals surface area (Å²) in [4.78, 5) is 14.0. The summed E-state index contributed by atoms with van der Waals surface area (Å²) in [5.41, 5.74) is 0.874. The number of aldehydes is 1. The van der Waals surface area contributed by atoms with Gasteiger partial charge in [0, 0.05) is 11.8 Å². The second-order valence-electron chi connectivity index (χ2n) is 1.87. The Hall–Kier alpha value is -1.33. The van der Waals surface area contributed by atoms with Gasteiger partial charge in [0.15, 0.2) is 6.29 Å². The third-order valence-electron chi connectivity index (χ3n) is 1.16. The van der Waals surface area contributed by atoms with Gasteiger partial charge in [-0.3, -0.25) is 4.79 Å². The zero-order chi connectivity index (χ0) is 8.27. The van der Waals surface area contributed by atoms with E-state index >= 15 is 0 Å². The van der Waals surface area contributed by atoms with E-state index in [1.807, 2.05) is 0 Å². The van der Waals surface area contributed by atoms with Crippen LogP contribution in [0.4, 0.5) is 0 Å². The Kier molecular flexibility index (Phi) is 2.25. The van der Waals surface area contributed by atoms with Crippen molar-refractivity contribution < 1.29 is 4.79 Å². The second kappa shape index (κ2) is 3.18. The predicted octanol–water partition coefficient (Wildman–Crippen LogP) is 1.53. The van der Waals surface area contributed by atoms with Gasteiger partial charge in [-0.1, -0.05) is 17.5 Å². The molecular weight excluding hydrogens is 162 g/mol. The van der Waals surface area contributed by atoms with Crippen molar-refractivity contribution in [3.63, 3.8) is 0 Å². The van der Waals surface area contributed by atoms with Gasteiger partial charge in [-0.05, 0) is 6.07 Å².